The minimum Gasteiger partial charge on any atom is -0.396 e. The van der Waals surface area contributed by atoms with Crippen molar-refractivity contribution in [2.75, 3.05) is 20.8 Å². The molecule has 1 heterocycles. The number of aliphatic hydroxyl groups excluding tert-OH is 1. The van der Waals surface area contributed by atoms with Gasteiger partial charge in [-0.2, -0.15) is 0 Å². The Hall–Kier alpha value is -0.650. The number of fused-ring (bicyclic) bond motifs is 1. The van der Waals surface area contributed by atoms with Crippen molar-refractivity contribution in [1.82, 2.24) is 5.32 Å². The molecule has 0 radical (unpaired) electrons. The van der Waals surface area contributed by atoms with E-state index in [1.807, 2.05) is 0 Å². The van der Waals surface area contributed by atoms with Gasteiger partial charge in [0.1, 0.15) is 0 Å². The molecule has 0 aromatic carbocycles. The first kappa shape index (κ1) is 15.7. The van der Waals surface area contributed by atoms with Gasteiger partial charge in [0, 0.05) is 45.6 Å². The van der Waals surface area contributed by atoms with Crippen molar-refractivity contribution in [3.63, 3.8) is 0 Å². The van der Waals surface area contributed by atoms with Gasteiger partial charge in [-0.1, -0.05) is 13.3 Å². The van der Waals surface area contributed by atoms with Gasteiger partial charge in [0.25, 0.3) is 0 Å². The maximum Gasteiger partial charge on any atom is 0.220 e. The van der Waals surface area contributed by atoms with Gasteiger partial charge < -0.3 is 19.9 Å². The third kappa shape index (κ3) is 2.71. The highest BCUT2D eigenvalue weighted by Gasteiger charge is 2.51. The van der Waals surface area contributed by atoms with Crippen molar-refractivity contribution in [1.29, 1.82) is 0 Å². The lowest BCUT2D eigenvalue weighted by atomic mass is 9.67. The number of hydrogen-bond acceptors (Lipinski definition) is 4. The number of nitrogens with one attached hydrogen (secondary N) is 1. The Morgan fingerprint density at radius 1 is 1.35 bits per heavy atom. The molecular formula is C15H27NO4. The Labute approximate surface area is 121 Å². The molecule has 5 nitrogen and oxygen atoms in total. The van der Waals surface area contributed by atoms with E-state index in [2.05, 4.69) is 12.2 Å². The summed E-state index contributed by atoms with van der Waals surface area (Å²) in [6.07, 6.45) is 3.77. The number of methoxy groups -OCH3 is 2. The summed E-state index contributed by atoms with van der Waals surface area (Å²) in [4.78, 5) is 12.0. The second-order valence-corrected chi connectivity index (χ2v) is 6.11. The van der Waals surface area contributed by atoms with Gasteiger partial charge in [-0.25, -0.2) is 0 Å². The second-order valence-electron chi connectivity index (χ2n) is 6.11. The first-order chi connectivity index (χ1) is 9.60. The van der Waals surface area contributed by atoms with E-state index >= 15 is 0 Å². The first-order valence-electron chi connectivity index (χ1n) is 7.60. The fraction of sp³-hybridized carbons (Fsp3) is 0.933. The van der Waals surface area contributed by atoms with Crippen molar-refractivity contribution in [3.05, 3.63) is 0 Å². The smallest absolute Gasteiger partial charge is 0.220 e. The quantitative estimate of drug-likeness (QED) is 0.764. The molecule has 20 heavy (non-hydrogen) atoms. The van der Waals surface area contributed by atoms with E-state index in [9.17, 15) is 9.90 Å². The van der Waals surface area contributed by atoms with Gasteiger partial charge in [-0.05, 0) is 24.7 Å². The predicted molar refractivity (Wildman–Crippen MR) is 75.0 cm³/mol. The summed E-state index contributed by atoms with van der Waals surface area (Å²) < 4.78 is 11.4. The van der Waals surface area contributed by atoms with E-state index < -0.39 is 5.79 Å². The van der Waals surface area contributed by atoms with Gasteiger partial charge in [0.05, 0.1) is 0 Å². The van der Waals surface area contributed by atoms with Crippen LogP contribution < -0.4 is 5.32 Å². The van der Waals surface area contributed by atoms with E-state index in [1.54, 1.807) is 14.2 Å². The van der Waals surface area contributed by atoms with Crippen molar-refractivity contribution in [3.8, 4) is 0 Å². The van der Waals surface area contributed by atoms with Gasteiger partial charge in [-0.3, -0.25) is 4.79 Å². The number of hydrogen-bond donors (Lipinski definition) is 2. The minimum atomic E-state index is -0.717. The van der Waals surface area contributed by atoms with Crippen LogP contribution in [-0.2, 0) is 14.3 Å². The fourth-order valence-electron chi connectivity index (χ4n) is 4.07. The van der Waals surface area contributed by atoms with E-state index in [-0.39, 0.29) is 30.4 Å². The van der Waals surface area contributed by atoms with E-state index in [1.165, 1.54) is 0 Å². The molecule has 1 amide bonds. The maximum absolute atomic E-state index is 12.0. The Morgan fingerprint density at radius 2 is 2.05 bits per heavy atom. The number of amides is 1. The summed E-state index contributed by atoms with van der Waals surface area (Å²) in [5.74, 6) is 0.0978. The standard InChI is InChI=1S/C15H27NO4/c1-4-11-7-10(9-17)8-12-14(11)16-13(18)5-6-15(12,19-2)20-3/h10-12,14,17H,4-9H2,1-3H3,(H,16,18)/t10?,11-,12?,14?/m0/s1. The molecule has 2 N–H and O–H groups in total. The average Bonchev–Trinajstić information content (AvgIpc) is 2.63. The normalized spacial score (nSPS) is 36.9. The highest BCUT2D eigenvalue weighted by atomic mass is 16.7. The molecule has 2 fully saturated rings. The van der Waals surface area contributed by atoms with Crippen LogP contribution in [0.25, 0.3) is 0 Å². The van der Waals surface area contributed by atoms with Crippen molar-refractivity contribution in [2.24, 2.45) is 17.8 Å². The Bertz CT molecular complexity index is 343. The zero-order valence-electron chi connectivity index (χ0n) is 12.7. The van der Waals surface area contributed by atoms with Crippen LogP contribution in [0.1, 0.15) is 39.0 Å². The summed E-state index contributed by atoms with van der Waals surface area (Å²) in [5, 5.41) is 12.7. The predicted octanol–water partition coefficient (Wildman–Crippen LogP) is 1.30. The lowest BCUT2D eigenvalue weighted by molar-refractivity contribution is -0.256. The SMILES string of the molecule is CC[C@H]1CC(CO)CC2C1NC(=O)CCC2(OC)OC. The van der Waals surface area contributed by atoms with Crippen LogP contribution in [0.4, 0.5) is 0 Å². The summed E-state index contributed by atoms with van der Waals surface area (Å²) in [5.41, 5.74) is 0. The zero-order chi connectivity index (χ0) is 14.8. The van der Waals surface area contributed by atoms with Gasteiger partial charge in [0.2, 0.25) is 5.91 Å². The number of carbonyl (C=O) groups excluding carboxylic acids is 1. The molecule has 3 unspecified atom stereocenters. The Balaban J connectivity index is 2.34. The highest BCUT2D eigenvalue weighted by molar-refractivity contribution is 5.76. The molecule has 2 rings (SSSR count). The first-order valence-corrected chi connectivity index (χ1v) is 7.60. The zero-order valence-corrected chi connectivity index (χ0v) is 12.7. The highest BCUT2D eigenvalue weighted by Crippen LogP contribution is 2.45. The number of ether oxygens (including phenoxy) is 2. The summed E-state index contributed by atoms with van der Waals surface area (Å²) in [7, 11) is 3.31. The molecule has 1 aliphatic heterocycles. The topological polar surface area (TPSA) is 67.8 Å². The molecule has 1 saturated carbocycles. The molecule has 0 aromatic rings. The van der Waals surface area contributed by atoms with Crippen LogP contribution in [0.3, 0.4) is 0 Å². The molecule has 116 valence electrons. The summed E-state index contributed by atoms with van der Waals surface area (Å²) in [6, 6.07) is 0.0812. The van der Waals surface area contributed by atoms with Crippen LogP contribution in [0.5, 0.6) is 0 Å². The lowest BCUT2D eigenvalue weighted by Crippen LogP contribution is -2.56. The molecule has 1 aliphatic carbocycles. The lowest BCUT2D eigenvalue weighted by Gasteiger charge is -2.47. The summed E-state index contributed by atoms with van der Waals surface area (Å²) >= 11 is 0. The Kier molecular flexibility index (Phi) is 5.04. The number of aliphatic hydroxyl groups is 1. The third-order valence-corrected chi connectivity index (χ3v) is 5.23. The number of carbonyl (C=O) groups is 1. The van der Waals surface area contributed by atoms with Crippen molar-refractivity contribution >= 4 is 5.91 Å². The minimum absolute atomic E-state index is 0.0804. The second kappa shape index (κ2) is 6.41. The largest absolute Gasteiger partial charge is 0.396 e. The Morgan fingerprint density at radius 3 is 2.60 bits per heavy atom. The van der Waals surface area contributed by atoms with Crippen molar-refractivity contribution in [2.45, 2.75) is 50.9 Å². The molecule has 0 spiro atoms. The van der Waals surface area contributed by atoms with Crippen LogP contribution in [0.15, 0.2) is 0 Å². The molecular weight excluding hydrogens is 258 g/mol. The van der Waals surface area contributed by atoms with Crippen LogP contribution in [0.2, 0.25) is 0 Å². The molecule has 5 heteroatoms. The molecule has 2 aliphatic rings. The fourth-order valence-corrected chi connectivity index (χ4v) is 4.07. The van der Waals surface area contributed by atoms with Gasteiger partial charge >= 0.3 is 0 Å². The van der Waals surface area contributed by atoms with Gasteiger partial charge in [0.15, 0.2) is 5.79 Å². The van der Waals surface area contributed by atoms with E-state index in [4.69, 9.17) is 9.47 Å². The van der Waals surface area contributed by atoms with Crippen LogP contribution in [-0.4, -0.2) is 43.7 Å². The molecule has 4 atom stereocenters. The van der Waals surface area contributed by atoms with Crippen molar-refractivity contribution < 1.29 is 19.4 Å². The average molecular weight is 285 g/mol. The number of rotatable bonds is 4. The summed E-state index contributed by atoms with van der Waals surface area (Å²) in [6.45, 7) is 2.33. The van der Waals surface area contributed by atoms with Gasteiger partial charge in [-0.15, -0.1) is 0 Å². The van der Waals surface area contributed by atoms with E-state index in [0.29, 0.717) is 18.8 Å². The van der Waals surface area contributed by atoms with Crippen LogP contribution in [0, 0.1) is 17.8 Å². The van der Waals surface area contributed by atoms with E-state index in [0.717, 1.165) is 19.3 Å². The molecule has 0 bridgehead atoms. The molecule has 1 saturated heterocycles. The third-order valence-electron chi connectivity index (χ3n) is 5.23. The molecule has 0 aromatic heterocycles. The monoisotopic (exact) mass is 285 g/mol. The van der Waals surface area contributed by atoms with Crippen LogP contribution >= 0.6 is 0 Å². The maximum atomic E-state index is 12.0.